The Labute approximate surface area is 117 Å². The highest BCUT2D eigenvalue weighted by Crippen LogP contribution is 2.28. The Bertz CT molecular complexity index is 576. The number of hydrogen-bond acceptors (Lipinski definition) is 3. The predicted molar refractivity (Wildman–Crippen MR) is 75.4 cm³/mol. The van der Waals surface area contributed by atoms with E-state index >= 15 is 0 Å². The number of aromatic nitrogens is 2. The number of ether oxygens (including phenoxy) is 1. The molecule has 2 heterocycles. The minimum atomic E-state index is 0.334. The Morgan fingerprint density at radius 1 is 1.47 bits per heavy atom. The average Bonchev–Trinajstić information content (AvgIpc) is 2.98. The summed E-state index contributed by atoms with van der Waals surface area (Å²) in [7, 11) is 0. The van der Waals surface area contributed by atoms with Crippen molar-refractivity contribution >= 4 is 17.3 Å². The van der Waals surface area contributed by atoms with Crippen LogP contribution >= 0.6 is 11.6 Å². The summed E-state index contributed by atoms with van der Waals surface area (Å²) in [6.45, 7) is 2.20. The second kappa shape index (κ2) is 5.23. The van der Waals surface area contributed by atoms with Gasteiger partial charge < -0.3 is 10.5 Å². The summed E-state index contributed by atoms with van der Waals surface area (Å²) in [4.78, 5) is 0. The molecule has 1 atom stereocenters. The Morgan fingerprint density at radius 3 is 3.11 bits per heavy atom. The number of nitrogens with two attached hydrogens (primary N) is 1. The van der Waals surface area contributed by atoms with Gasteiger partial charge in [-0.05, 0) is 24.1 Å². The van der Waals surface area contributed by atoms with Crippen molar-refractivity contribution in [1.29, 1.82) is 0 Å². The molecule has 1 aromatic carbocycles. The summed E-state index contributed by atoms with van der Waals surface area (Å²) in [5.41, 5.74) is 8.86. The van der Waals surface area contributed by atoms with Gasteiger partial charge in [0, 0.05) is 23.7 Å². The summed E-state index contributed by atoms with van der Waals surface area (Å²) < 4.78 is 7.26. The number of anilines is 1. The second-order valence-corrected chi connectivity index (χ2v) is 5.29. The molecule has 1 aromatic heterocycles. The van der Waals surface area contributed by atoms with Crippen LogP contribution < -0.4 is 5.73 Å². The summed E-state index contributed by atoms with van der Waals surface area (Å²) in [5, 5.41) is 5.32. The molecule has 0 spiro atoms. The quantitative estimate of drug-likeness (QED) is 0.938. The van der Waals surface area contributed by atoms with Crippen LogP contribution in [-0.2, 0) is 11.3 Å². The maximum atomic E-state index is 6.04. The largest absolute Gasteiger partial charge is 0.396 e. The lowest BCUT2D eigenvalue weighted by Gasteiger charge is -2.04. The predicted octanol–water partition coefficient (Wildman–Crippen LogP) is 2.67. The van der Waals surface area contributed by atoms with Crippen LogP contribution in [0.25, 0.3) is 0 Å². The Kier molecular flexibility index (Phi) is 3.44. The minimum Gasteiger partial charge on any atom is -0.396 e. The third-order valence-corrected chi connectivity index (χ3v) is 3.61. The fourth-order valence-corrected chi connectivity index (χ4v) is 2.64. The number of benzene rings is 1. The van der Waals surface area contributed by atoms with Crippen LogP contribution in [0.15, 0.2) is 30.5 Å². The molecule has 0 saturated carbocycles. The third-order valence-electron chi connectivity index (χ3n) is 3.37. The van der Waals surface area contributed by atoms with Crippen molar-refractivity contribution in [2.24, 2.45) is 0 Å². The van der Waals surface area contributed by atoms with Crippen LogP contribution in [0.3, 0.4) is 0 Å². The first-order valence-electron chi connectivity index (χ1n) is 6.37. The van der Waals surface area contributed by atoms with E-state index in [4.69, 9.17) is 22.1 Å². The zero-order valence-electron chi connectivity index (χ0n) is 10.6. The van der Waals surface area contributed by atoms with Crippen molar-refractivity contribution in [3.63, 3.8) is 0 Å². The summed E-state index contributed by atoms with van der Waals surface area (Å²) >= 11 is 5.98. The van der Waals surface area contributed by atoms with Gasteiger partial charge in [-0.1, -0.05) is 23.7 Å². The van der Waals surface area contributed by atoms with Gasteiger partial charge in [0.25, 0.3) is 0 Å². The van der Waals surface area contributed by atoms with E-state index in [2.05, 4.69) is 5.10 Å². The molecule has 0 radical (unpaired) electrons. The Balaban J connectivity index is 1.80. The molecule has 0 bridgehead atoms. The van der Waals surface area contributed by atoms with E-state index in [-0.39, 0.29) is 0 Å². The number of hydrogen-bond donors (Lipinski definition) is 1. The van der Waals surface area contributed by atoms with E-state index in [0.29, 0.717) is 12.5 Å². The van der Waals surface area contributed by atoms with Gasteiger partial charge in [-0.15, -0.1) is 0 Å². The molecular formula is C14H16ClN3O. The van der Waals surface area contributed by atoms with Gasteiger partial charge in [-0.25, -0.2) is 0 Å². The van der Waals surface area contributed by atoms with Crippen molar-refractivity contribution in [2.45, 2.75) is 18.9 Å². The van der Waals surface area contributed by atoms with E-state index in [1.165, 1.54) is 0 Å². The zero-order valence-corrected chi connectivity index (χ0v) is 11.3. The monoisotopic (exact) mass is 277 g/mol. The van der Waals surface area contributed by atoms with Crippen LogP contribution in [-0.4, -0.2) is 23.0 Å². The summed E-state index contributed by atoms with van der Waals surface area (Å²) in [6.07, 6.45) is 2.88. The van der Waals surface area contributed by atoms with Gasteiger partial charge in [0.1, 0.15) is 0 Å². The Morgan fingerprint density at radius 2 is 2.37 bits per heavy atom. The molecular weight excluding hydrogens is 262 g/mol. The lowest BCUT2D eigenvalue weighted by atomic mass is 10.0. The lowest BCUT2D eigenvalue weighted by molar-refractivity contribution is 0.193. The summed E-state index contributed by atoms with van der Waals surface area (Å²) in [5.74, 6) is 0.334. The van der Waals surface area contributed by atoms with Gasteiger partial charge >= 0.3 is 0 Å². The van der Waals surface area contributed by atoms with Gasteiger partial charge in [0.05, 0.1) is 24.5 Å². The molecule has 0 aliphatic carbocycles. The molecule has 1 fully saturated rings. The van der Waals surface area contributed by atoms with E-state index in [1.54, 1.807) is 0 Å². The topological polar surface area (TPSA) is 53.1 Å². The first-order chi connectivity index (χ1) is 9.22. The van der Waals surface area contributed by atoms with E-state index < -0.39 is 0 Å². The standard InChI is InChI=1S/C14H16ClN3O/c15-12-3-1-2-10(6-12)7-18-8-13(16)14(17-18)11-4-5-19-9-11/h1-3,6,8,11H,4-5,7,9,16H2. The van der Waals surface area contributed by atoms with Crippen molar-refractivity contribution < 1.29 is 4.74 Å². The molecule has 19 heavy (non-hydrogen) atoms. The maximum absolute atomic E-state index is 6.04. The number of nitrogens with zero attached hydrogens (tertiary/aromatic N) is 2. The van der Waals surface area contributed by atoms with E-state index in [1.807, 2.05) is 35.1 Å². The van der Waals surface area contributed by atoms with Crippen LogP contribution in [0.1, 0.15) is 23.6 Å². The molecule has 100 valence electrons. The smallest absolute Gasteiger partial charge is 0.0908 e. The first kappa shape index (κ1) is 12.5. The fourth-order valence-electron chi connectivity index (χ4n) is 2.42. The van der Waals surface area contributed by atoms with Crippen LogP contribution in [0.5, 0.6) is 0 Å². The number of nitrogen functional groups attached to an aromatic ring is 1. The molecule has 0 amide bonds. The molecule has 1 aliphatic rings. The van der Waals surface area contributed by atoms with Crippen LogP contribution in [0, 0.1) is 0 Å². The molecule has 5 heteroatoms. The van der Waals surface area contributed by atoms with Gasteiger partial charge in [-0.3, -0.25) is 4.68 Å². The van der Waals surface area contributed by atoms with Crippen molar-refractivity contribution in [3.8, 4) is 0 Å². The number of halogens is 1. The van der Waals surface area contributed by atoms with Gasteiger partial charge in [0.15, 0.2) is 0 Å². The first-order valence-corrected chi connectivity index (χ1v) is 6.75. The zero-order chi connectivity index (χ0) is 13.2. The molecule has 1 aliphatic heterocycles. The lowest BCUT2D eigenvalue weighted by Crippen LogP contribution is -2.04. The van der Waals surface area contributed by atoms with Crippen molar-refractivity contribution in [2.75, 3.05) is 18.9 Å². The van der Waals surface area contributed by atoms with Gasteiger partial charge in [-0.2, -0.15) is 5.10 Å². The van der Waals surface area contributed by atoms with E-state index in [0.717, 1.165) is 41.6 Å². The fraction of sp³-hybridized carbons (Fsp3) is 0.357. The maximum Gasteiger partial charge on any atom is 0.0908 e. The second-order valence-electron chi connectivity index (χ2n) is 4.86. The van der Waals surface area contributed by atoms with Crippen LogP contribution in [0.2, 0.25) is 5.02 Å². The summed E-state index contributed by atoms with van der Waals surface area (Å²) in [6, 6.07) is 7.78. The Hall–Kier alpha value is -1.52. The minimum absolute atomic E-state index is 0.334. The number of rotatable bonds is 3. The highest BCUT2D eigenvalue weighted by Gasteiger charge is 2.23. The van der Waals surface area contributed by atoms with Crippen molar-refractivity contribution in [1.82, 2.24) is 9.78 Å². The molecule has 4 nitrogen and oxygen atoms in total. The average molecular weight is 278 g/mol. The molecule has 2 N–H and O–H groups in total. The SMILES string of the molecule is Nc1cn(Cc2cccc(Cl)c2)nc1C1CCOC1. The molecule has 3 rings (SSSR count). The normalized spacial score (nSPS) is 18.9. The highest BCUT2D eigenvalue weighted by molar-refractivity contribution is 6.30. The van der Waals surface area contributed by atoms with Crippen LogP contribution in [0.4, 0.5) is 5.69 Å². The molecule has 1 unspecified atom stereocenters. The van der Waals surface area contributed by atoms with Gasteiger partial charge in [0.2, 0.25) is 0 Å². The molecule has 2 aromatic rings. The highest BCUT2D eigenvalue weighted by atomic mass is 35.5. The third kappa shape index (κ3) is 2.74. The van der Waals surface area contributed by atoms with Crippen molar-refractivity contribution in [3.05, 3.63) is 46.7 Å². The van der Waals surface area contributed by atoms with E-state index in [9.17, 15) is 0 Å². The molecule has 1 saturated heterocycles.